The Labute approximate surface area is 231 Å². The molecular weight excluding hydrogens is 492 g/mol. The van der Waals surface area contributed by atoms with Gasteiger partial charge in [0, 0.05) is 44.7 Å². The second-order valence-corrected chi connectivity index (χ2v) is 11.1. The van der Waals surface area contributed by atoms with Crippen LogP contribution in [-0.2, 0) is 20.8 Å². The molecule has 8 nitrogen and oxygen atoms in total. The van der Waals surface area contributed by atoms with E-state index in [0.29, 0.717) is 24.4 Å². The zero-order valence-corrected chi connectivity index (χ0v) is 22.9. The summed E-state index contributed by atoms with van der Waals surface area (Å²) in [7, 11) is 0. The molecule has 1 N–H and O–H groups in total. The zero-order chi connectivity index (χ0) is 27.1. The van der Waals surface area contributed by atoms with Crippen molar-refractivity contribution < 1.29 is 19.2 Å². The summed E-state index contributed by atoms with van der Waals surface area (Å²) in [5.74, 6) is 0.548. The average Bonchev–Trinajstić information content (AvgIpc) is 3.40. The van der Waals surface area contributed by atoms with E-state index in [9.17, 15) is 9.59 Å². The highest BCUT2D eigenvalue weighted by molar-refractivity contribution is 6.06. The van der Waals surface area contributed by atoms with E-state index in [1.807, 2.05) is 35.2 Å². The van der Waals surface area contributed by atoms with Gasteiger partial charge in [-0.25, -0.2) is 0 Å². The lowest BCUT2D eigenvalue weighted by molar-refractivity contribution is -0.141. The third-order valence-electron chi connectivity index (χ3n) is 8.12. The Kier molecular flexibility index (Phi) is 8.94. The van der Waals surface area contributed by atoms with E-state index in [-0.39, 0.29) is 11.8 Å². The van der Waals surface area contributed by atoms with Gasteiger partial charge >= 0.3 is 0 Å². The number of benzene rings is 2. The molecule has 2 fully saturated rings. The fraction of sp³-hybridized carbons (Fsp3) is 0.516. The lowest BCUT2D eigenvalue weighted by atomic mass is 9.90. The molecule has 0 saturated carbocycles. The molecule has 8 heteroatoms. The SMILES string of the molecule is CC1(C(=O)NCCCN2CCOCC2)CC(c2ccc(C(=O)N3CCC(Cc4ccccc4)CC3)cc2)=NO1. The number of oxime groups is 1. The van der Waals surface area contributed by atoms with Crippen LogP contribution < -0.4 is 5.32 Å². The Hall–Kier alpha value is -3.23. The number of morpholine rings is 1. The molecule has 3 aliphatic rings. The summed E-state index contributed by atoms with van der Waals surface area (Å²) < 4.78 is 5.38. The first-order valence-corrected chi connectivity index (χ1v) is 14.3. The molecule has 3 aliphatic heterocycles. The molecule has 5 rings (SSSR count). The van der Waals surface area contributed by atoms with Crippen molar-refractivity contribution in [3.63, 3.8) is 0 Å². The minimum absolute atomic E-state index is 0.0746. The summed E-state index contributed by atoms with van der Waals surface area (Å²) >= 11 is 0. The third kappa shape index (κ3) is 7.05. The number of nitrogens with zero attached hydrogens (tertiary/aromatic N) is 3. The second kappa shape index (κ2) is 12.7. The maximum atomic E-state index is 13.1. The van der Waals surface area contributed by atoms with Gasteiger partial charge in [0.1, 0.15) is 0 Å². The van der Waals surface area contributed by atoms with Gasteiger partial charge < -0.3 is 19.8 Å². The van der Waals surface area contributed by atoms with Gasteiger partial charge in [-0.3, -0.25) is 14.5 Å². The predicted molar refractivity (Wildman–Crippen MR) is 151 cm³/mol. The molecular formula is C31H40N4O4. The van der Waals surface area contributed by atoms with E-state index in [2.05, 4.69) is 39.6 Å². The highest BCUT2D eigenvalue weighted by Gasteiger charge is 2.42. The van der Waals surface area contributed by atoms with Crippen molar-refractivity contribution >= 4 is 17.5 Å². The first-order valence-electron chi connectivity index (χ1n) is 14.3. The molecule has 2 aromatic carbocycles. The van der Waals surface area contributed by atoms with Crippen LogP contribution in [0, 0.1) is 5.92 Å². The van der Waals surface area contributed by atoms with Gasteiger partial charge in [0.05, 0.1) is 18.9 Å². The largest absolute Gasteiger partial charge is 0.379 e. The van der Waals surface area contributed by atoms with Gasteiger partial charge in [-0.1, -0.05) is 47.6 Å². The molecule has 0 radical (unpaired) electrons. The summed E-state index contributed by atoms with van der Waals surface area (Å²) in [6.45, 7) is 8.36. The highest BCUT2D eigenvalue weighted by atomic mass is 16.7. The molecule has 0 aliphatic carbocycles. The lowest BCUT2D eigenvalue weighted by Gasteiger charge is -2.32. The molecule has 1 unspecified atom stereocenters. The van der Waals surface area contributed by atoms with Crippen LogP contribution in [0.1, 0.15) is 54.1 Å². The Morgan fingerprint density at radius 1 is 1.00 bits per heavy atom. The summed E-state index contributed by atoms with van der Waals surface area (Å²) in [6.07, 6.45) is 4.41. The summed E-state index contributed by atoms with van der Waals surface area (Å²) in [5, 5.41) is 7.24. The number of hydrogen-bond acceptors (Lipinski definition) is 6. The monoisotopic (exact) mass is 532 g/mol. The van der Waals surface area contributed by atoms with Crippen molar-refractivity contribution in [1.82, 2.24) is 15.1 Å². The normalized spacial score (nSPS) is 22.3. The van der Waals surface area contributed by atoms with Crippen molar-refractivity contribution in [3.05, 3.63) is 71.3 Å². The number of nitrogens with one attached hydrogen (secondary N) is 1. The Morgan fingerprint density at radius 3 is 2.44 bits per heavy atom. The molecule has 39 heavy (non-hydrogen) atoms. The maximum absolute atomic E-state index is 13.1. The van der Waals surface area contributed by atoms with Gasteiger partial charge in [-0.15, -0.1) is 0 Å². The van der Waals surface area contributed by atoms with Crippen LogP contribution in [0.3, 0.4) is 0 Å². The molecule has 208 valence electrons. The molecule has 1 atom stereocenters. The first kappa shape index (κ1) is 27.3. The van der Waals surface area contributed by atoms with Gasteiger partial charge in [0.2, 0.25) is 5.60 Å². The number of likely N-dealkylation sites (tertiary alicyclic amines) is 1. The van der Waals surface area contributed by atoms with Crippen LogP contribution in [0.25, 0.3) is 0 Å². The standard InChI is InChI=1S/C31H40N4O4/c1-31(30(37)32-14-5-15-34-18-20-38-21-19-34)23-28(33-39-31)26-8-10-27(11-9-26)29(36)35-16-12-25(13-17-35)22-24-6-3-2-4-7-24/h2-4,6-11,25H,5,12-23H2,1H3,(H,32,37). The fourth-order valence-corrected chi connectivity index (χ4v) is 5.61. The fourth-order valence-electron chi connectivity index (χ4n) is 5.61. The van der Waals surface area contributed by atoms with Crippen molar-refractivity contribution in [1.29, 1.82) is 0 Å². The molecule has 0 bridgehead atoms. The molecule has 3 heterocycles. The minimum atomic E-state index is -1.02. The van der Waals surface area contributed by atoms with Crippen molar-refractivity contribution in [2.75, 3.05) is 52.5 Å². The number of carbonyl (C=O) groups is 2. The van der Waals surface area contributed by atoms with Crippen LogP contribution >= 0.6 is 0 Å². The predicted octanol–water partition coefficient (Wildman–Crippen LogP) is 3.50. The number of ether oxygens (including phenoxy) is 1. The first-order chi connectivity index (χ1) is 19.0. The summed E-state index contributed by atoms with van der Waals surface area (Å²) in [5.41, 5.74) is 2.63. The molecule has 2 aromatic rings. The van der Waals surface area contributed by atoms with Crippen LogP contribution in [0.15, 0.2) is 59.8 Å². The number of hydrogen-bond donors (Lipinski definition) is 1. The zero-order valence-electron chi connectivity index (χ0n) is 22.9. The van der Waals surface area contributed by atoms with Gasteiger partial charge in [-0.05, 0) is 68.3 Å². The number of carbonyl (C=O) groups excluding carboxylic acids is 2. The topological polar surface area (TPSA) is 83.5 Å². The van der Waals surface area contributed by atoms with E-state index in [0.717, 1.165) is 82.9 Å². The number of piperidine rings is 1. The smallest absolute Gasteiger partial charge is 0.267 e. The van der Waals surface area contributed by atoms with Crippen LogP contribution in [0.4, 0.5) is 0 Å². The Morgan fingerprint density at radius 2 is 1.72 bits per heavy atom. The van der Waals surface area contributed by atoms with E-state index in [1.54, 1.807) is 6.92 Å². The minimum Gasteiger partial charge on any atom is -0.379 e. The van der Waals surface area contributed by atoms with Crippen LogP contribution in [0.5, 0.6) is 0 Å². The third-order valence-corrected chi connectivity index (χ3v) is 8.12. The van der Waals surface area contributed by atoms with Gasteiger partial charge in [-0.2, -0.15) is 0 Å². The Bertz CT molecular complexity index is 1140. The molecule has 0 aromatic heterocycles. The van der Waals surface area contributed by atoms with Gasteiger partial charge in [0.15, 0.2) is 0 Å². The second-order valence-electron chi connectivity index (χ2n) is 11.1. The van der Waals surface area contributed by atoms with Crippen molar-refractivity contribution in [3.8, 4) is 0 Å². The van der Waals surface area contributed by atoms with Crippen LogP contribution in [0.2, 0.25) is 0 Å². The average molecular weight is 533 g/mol. The van der Waals surface area contributed by atoms with Crippen molar-refractivity contribution in [2.24, 2.45) is 11.1 Å². The quantitative estimate of drug-likeness (QED) is 0.500. The highest BCUT2D eigenvalue weighted by Crippen LogP contribution is 2.28. The lowest BCUT2D eigenvalue weighted by Crippen LogP contribution is -2.45. The summed E-state index contributed by atoms with van der Waals surface area (Å²) in [4.78, 5) is 35.9. The van der Waals surface area contributed by atoms with Gasteiger partial charge in [0.25, 0.3) is 11.8 Å². The summed E-state index contributed by atoms with van der Waals surface area (Å²) in [6, 6.07) is 18.1. The Balaban J connectivity index is 1.06. The van der Waals surface area contributed by atoms with E-state index in [1.165, 1.54) is 5.56 Å². The maximum Gasteiger partial charge on any atom is 0.267 e. The number of rotatable bonds is 9. The van der Waals surface area contributed by atoms with E-state index in [4.69, 9.17) is 9.57 Å². The van der Waals surface area contributed by atoms with E-state index >= 15 is 0 Å². The van der Waals surface area contributed by atoms with Crippen LogP contribution in [-0.4, -0.2) is 85.4 Å². The molecule has 2 saturated heterocycles. The molecule has 0 spiro atoms. The number of amides is 2. The van der Waals surface area contributed by atoms with Crippen molar-refractivity contribution in [2.45, 2.75) is 44.6 Å². The molecule has 2 amide bonds. The van der Waals surface area contributed by atoms with E-state index < -0.39 is 5.60 Å².